The summed E-state index contributed by atoms with van der Waals surface area (Å²) in [6, 6.07) is 0.517. The smallest absolute Gasteiger partial charge is 0.0756 e. The maximum atomic E-state index is 5.11. The highest BCUT2D eigenvalue weighted by molar-refractivity contribution is 5.45. The Morgan fingerprint density at radius 1 is 1.50 bits per heavy atom. The van der Waals surface area contributed by atoms with Gasteiger partial charge in [0.2, 0.25) is 0 Å². The van der Waals surface area contributed by atoms with Gasteiger partial charge >= 0.3 is 0 Å². The van der Waals surface area contributed by atoms with Crippen LogP contribution in [0.3, 0.4) is 0 Å². The number of aromatic nitrogens is 2. The van der Waals surface area contributed by atoms with Crippen molar-refractivity contribution in [2.24, 2.45) is 5.92 Å². The molecule has 5 nitrogen and oxygen atoms in total. The van der Waals surface area contributed by atoms with E-state index in [4.69, 9.17) is 4.74 Å². The number of rotatable bonds is 5. The van der Waals surface area contributed by atoms with E-state index in [1.807, 2.05) is 10.9 Å². The molecule has 2 heterocycles. The molecule has 114 valence electrons. The molecule has 0 radical (unpaired) electrons. The fourth-order valence-electron chi connectivity index (χ4n) is 2.78. The number of hydrogen-bond donors (Lipinski definition) is 1. The van der Waals surface area contributed by atoms with Gasteiger partial charge in [0.15, 0.2) is 0 Å². The van der Waals surface area contributed by atoms with Crippen LogP contribution in [0.25, 0.3) is 0 Å². The van der Waals surface area contributed by atoms with Gasteiger partial charge in [0, 0.05) is 38.0 Å². The van der Waals surface area contributed by atoms with Crippen LogP contribution in [-0.4, -0.2) is 48.2 Å². The van der Waals surface area contributed by atoms with Crippen molar-refractivity contribution >= 4 is 5.69 Å². The van der Waals surface area contributed by atoms with Crippen molar-refractivity contribution in [1.82, 2.24) is 15.1 Å². The second kappa shape index (κ2) is 6.14. The minimum Gasteiger partial charge on any atom is -0.383 e. The minimum atomic E-state index is 0.139. The summed E-state index contributed by atoms with van der Waals surface area (Å²) in [5.41, 5.74) is 1.36. The topological polar surface area (TPSA) is 42.3 Å². The van der Waals surface area contributed by atoms with Crippen molar-refractivity contribution in [2.75, 3.05) is 31.7 Å². The lowest BCUT2D eigenvalue weighted by Gasteiger charge is -2.47. The second-order valence-electron chi connectivity index (χ2n) is 6.66. The van der Waals surface area contributed by atoms with E-state index in [0.717, 1.165) is 19.6 Å². The molecule has 1 aliphatic rings. The summed E-state index contributed by atoms with van der Waals surface area (Å²) in [6.07, 6.45) is 4.11. The van der Waals surface area contributed by atoms with Crippen LogP contribution < -0.4 is 10.2 Å². The molecule has 1 aromatic heterocycles. The van der Waals surface area contributed by atoms with E-state index in [1.165, 1.54) is 5.69 Å². The summed E-state index contributed by atoms with van der Waals surface area (Å²) in [6.45, 7) is 12.6. The van der Waals surface area contributed by atoms with Crippen LogP contribution in [-0.2, 0) is 11.3 Å². The molecule has 20 heavy (non-hydrogen) atoms. The fraction of sp³-hybridized carbons (Fsp3) is 0.800. The predicted molar refractivity (Wildman–Crippen MR) is 82.2 cm³/mol. The largest absolute Gasteiger partial charge is 0.383 e. The van der Waals surface area contributed by atoms with Gasteiger partial charge in [-0.1, -0.05) is 13.8 Å². The minimum absolute atomic E-state index is 0.139. The third-order valence-electron chi connectivity index (χ3n) is 4.00. The lowest BCUT2D eigenvalue weighted by Crippen LogP contribution is -2.63. The van der Waals surface area contributed by atoms with Crippen LogP contribution in [0.5, 0.6) is 0 Å². The van der Waals surface area contributed by atoms with Crippen LogP contribution in [0.4, 0.5) is 5.69 Å². The second-order valence-corrected chi connectivity index (χ2v) is 6.66. The summed E-state index contributed by atoms with van der Waals surface area (Å²) >= 11 is 0. The average Bonchev–Trinajstić information content (AvgIpc) is 2.83. The third-order valence-corrected chi connectivity index (χ3v) is 4.00. The zero-order chi connectivity index (χ0) is 14.8. The van der Waals surface area contributed by atoms with E-state index in [1.54, 1.807) is 7.11 Å². The quantitative estimate of drug-likeness (QED) is 0.892. The highest BCUT2D eigenvalue weighted by atomic mass is 16.5. The van der Waals surface area contributed by atoms with Crippen LogP contribution in [0, 0.1) is 5.92 Å². The van der Waals surface area contributed by atoms with Gasteiger partial charge in [0.05, 0.1) is 25.0 Å². The summed E-state index contributed by atoms with van der Waals surface area (Å²) in [5, 5.41) is 8.09. The van der Waals surface area contributed by atoms with Gasteiger partial charge in [0.1, 0.15) is 0 Å². The Hall–Kier alpha value is -1.07. The van der Waals surface area contributed by atoms with E-state index in [9.17, 15) is 0 Å². The molecule has 5 heteroatoms. The number of anilines is 1. The first kappa shape index (κ1) is 15.3. The number of piperazine rings is 1. The Kier molecular flexibility index (Phi) is 4.70. The molecule has 1 saturated heterocycles. The first-order chi connectivity index (χ1) is 9.43. The van der Waals surface area contributed by atoms with E-state index >= 15 is 0 Å². The average molecular weight is 280 g/mol. The zero-order valence-electron chi connectivity index (χ0n) is 13.4. The molecule has 0 saturated carbocycles. The van der Waals surface area contributed by atoms with Crippen molar-refractivity contribution in [2.45, 2.75) is 45.8 Å². The number of nitrogens with one attached hydrogen (secondary N) is 1. The van der Waals surface area contributed by atoms with Gasteiger partial charge in [0.25, 0.3) is 0 Å². The van der Waals surface area contributed by atoms with Crippen molar-refractivity contribution in [3.63, 3.8) is 0 Å². The lowest BCUT2D eigenvalue weighted by molar-refractivity contribution is 0.183. The Labute approximate surface area is 122 Å². The van der Waals surface area contributed by atoms with Crippen molar-refractivity contribution in [1.29, 1.82) is 0 Å². The highest BCUT2D eigenvalue weighted by Gasteiger charge is 2.34. The molecule has 1 aromatic rings. The van der Waals surface area contributed by atoms with Gasteiger partial charge < -0.3 is 15.0 Å². The van der Waals surface area contributed by atoms with Crippen molar-refractivity contribution < 1.29 is 4.74 Å². The molecule has 0 spiro atoms. The van der Waals surface area contributed by atoms with E-state index in [2.05, 4.69) is 49.2 Å². The Bertz CT molecular complexity index is 427. The normalized spacial score (nSPS) is 22.5. The van der Waals surface area contributed by atoms with E-state index in [-0.39, 0.29) is 5.54 Å². The molecular formula is C15H28N4O. The standard InChI is InChI=1S/C15H28N4O/c1-12(2)14-9-16-15(3,4)11-19(14)13-8-17-18(10-13)6-7-20-5/h8,10,12,14,16H,6-7,9,11H2,1-5H3. The molecule has 0 amide bonds. The fourth-order valence-corrected chi connectivity index (χ4v) is 2.78. The SMILES string of the molecule is COCCn1cc(N2CC(C)(C)NCC2C(C)C)cn1. The molecule has 1 unspecified atom stereocenters. The zero-order valence-corrected chi connectivity index (χ0v) is 13.4. The van der Waals surface area contributed by atoms with Crippen LogP contribution >= 0.6 is 0 Å². The van der Waals surface area contributed by atoms with Gasteiger partial charge in [-0.15, -0.1) is 0 Å². The number of nitrogens with zero attached hydrogens (tertiary/aromatic N) is 3. The van der Waals surface area contributed by atoms with Gasteiger partial charge in [-0.3, -0.25) is 4.68 Å². The molecular weight excluding hydrogens is 252 g/mol. The van der Waals surface area contributed by atoms with Crippen molar-refractivity contribution in [3.8, 4) is 0 Å². The van der Waals surface area contributed by atoms with Crippen LogP contribution in [0.1, 0.15) is 27.7 Å². The van der Waals surface area contributed by atoms with Gasteiger partial charge in [-0.2, -0.15) is 5.10 Å². The number of hydrogen-bond acceptors (Lipinski definition) is 4. The molecule has 1 aliphatic heterocycles. The summed E-state index contributed by atoms with van der Waals surface area (Å²) in [7, 11) is 1.72. The van der Waals surface area contributed by atoms with E-state index in [0.29, 0.717) is 18.6 Å². The lowest BCUT2D eigenvalue weighted by atomic mass is 9.93. The maximum Gasteiger partial charge on any atom is 0.0756 e. The maximum absolute atomic E-state index is 5.11. The first-order valence-electron chi connectivity index (χ1n) is 7.46. The Morgan fingerprint density at radius 2 is 2.25 bits per heavy atom. The molecule has 1 atom stereocenters. The van der Waals surface area contributed by atoms with Crippen molar-refractivity contribution in [3.05, 3.63) is 12.4 Å². The third kappa shape index (κ3) is 3.52. The molecule has 0 aliphatic carbocycles. The summed E-state index contributed by atoms with van der Waals surface area (Å²) < 4.78 is 7.07. The number of methoxy groups -OCH3 is 1. The van der Waals surface area contributed by atoms with E-state index < -0.39 is 0 Å². The molecule has 2 rings (SSSR count). The Balaban J connectivity index is 2.15. The molecule has 1 fully saturated rings. The van der Waals surface area contributed by atoms with Gasteiger partial charge in [-0.25, -0.2) is 0 Å². The first-order valence-corrected chi connectivity index (χ1v) is 7.46. The molecule has 1 N–H and O–H groups in total. The van der Waals surface area contributed by atoms with Crippen LogP contribution in [0.2, 0.25) is 0 Å². The number of ether oxygens (including phenoxy) is 1. The Morgan fingerprint density at radius 3 is 2.90 bits per heavy atom. The van der Waals surface area contributed by atoms with Crippen LogP contribution in [0.15, 0.2) is 12.4 Å². The summed E-state index contributed by atoms with van der Waals surface area (Å²) in [4.78, 5) is 2.50. The monoisotopic (exact) mass is 280 g/mol. The molecule has 0 bridgehead atoms. The molecule has 0 aromatic carbocycles. The predicted octanol–water partition coefficient (Wildman–Crippen LogP) is 1.74. The summed E-state index contributed by atoms with van der Waals surface area (Å²) in [5.74, 6) is 0.612. The van der Waals surface area contributed by atoms with Gasteiger partial charge in [-0.05, 0) is 19.8 Å². The highest BCUT2D eigenvalue weighted by Crippen LogP contribution is 2.26.